The van der Waals surface area contributed by atoms with E-state index in [0.29, 0.717) is 13.0 Å². The first kappa shape index (κ1) is 12.9. The molecular formula is C14H20N2O2. The van der Waals surface area contributed by atoms with Gasteiger partial charge in [-0.2, -0.15) is 0 Å². The molecule has 1 N–H and O–H groups in total. The number of carbonyl (C=O) groups is 1. The molecule has 4 heteroatoms. The van der Waals surface area contributed by atoms with Crippen molar-refractivity contribution in [2.24, 2.45) is 0 Å². The van der Waals surface area contributed by atoms with Crippen LogP contribution in [0, 0.1) is 0 Å². The van der Waals surface area contributed by atoms with Crippen LogP contribution in [0.15, 0.2) is 30.3 Å². The molecule has 0 bridgehead atoms. The van der Waals surface area contributed by atoms with Crippen molar-refractivity contribution in [2.75, 3.05) is 18.1 Å². The Labute approximate surface area is 108 Å². The first-order valence-corrected chi connectivity index (χ1v) is 6.49. The molecule has 1 amide bonds. The van der Waals surface area contributed by atoms with E-state index >= 15 is 0 Å². The third-order valence-corrected chi connectivity index (χ3v) is 3.16. The van der Waals surface area contributed by atoms with E-state index in [1.807, 2.05) is 35.3 Å². The summed E-state index contributed by atoms with van der Waals surface area (Å²) in [7, 11) is 0. The SMILES string of the molecule is CC(O)CCCN1C(=O)CCN1c1ccccc1. The maximum absolute atomic E-state index is 11.9. The molecule has 1 heterocycles. The predicted molar refractivity (Wildman–Crippen MR) is 71.0 cm³/mol. The smallest absolute Gasteiger partial charge is 0.242 e. The first-order valence-electron chi connectivity index (χ1n) is 6.49. The van der Waals surface area contributed by atoms with E-state index in [2.05, 4.69) is 0 Å². The molecule has 1 unspecified atom stereocenters. The van der Waals surface area contributed by atoms with Crippen molar-refractivity contribution in [2.45, 2.75) is 32.3 Å². The van der Waals surface area contributed by atoms with Crippen LogP contribution in [0.1, 0.15) is 26.2 Å². The van der Waals surface area contributed by atoms with E-state index in [1.54, 1.807) is 11.9 Å². The standard InChI is InChI=1S/C14H20N2O2/c1-12(17)6-5-10-16-14(18)9-11-15(16)13-7-3-2-4-8-13/h2-4,7-8,12,17H,5-6,9-11H2,1H3. The van der Waals surface area contributed by atoms with Gasteiger partial charge in [-0.15, -0.1) is 0 Å². The van der Waals surface area contributed by atoms with Crippen LogP contribution in [0.4, 0.5) is 5.69 Å². The zero-order valence-electron chi connectivity index (χ0n) is 10.7. The van der Waals surface area contributed by atoms with Crippen molar-refractivity contribution >= 4 is 11.6 Å². The lowest BCUT2D eigenvalue weighted by Crippen LogP contribution is -2.40. The molecule has 98 valence electrons. The number of amides is 1. The molecule has 4 nitrogen and oxygen atoms in total. The Hall–Kier alpha value is -1.55. The maximum Gasteiger partial charge on any atom is 0.242 e. The highest BCUT2D eigenvalue weighted by Crippen LogP contribution is 2.22. The molecule has 1 atom stereocenters. The molecule has 0 saturated carbocycles. The maximum atomic E-state index is 11.9. The van der Waals surface area contributed by atoms with E-state index in [1.165, 1.54) is 0 Å². The summed E-state index contributed by atoms with van der Waals surface area (Å²) < 4.78 is 0. The van der Waals surface area contributed by atoms with E-state index in [0.717, 1.165) is 25.1 Å². The Morgan fingerprint density at radius 2 is 2.06 bits per heavy atom. The zero-order chi connectivity index (χ0) is 13.0. The lowest BCUT2D eigenvalue weighted by atomic mass is 10.2. The first-order chi connectivity index (χ1) is 8.68. The number of hydrogen-bond donors (Lipinski definition) is 1. The third-order valence-electron chi connectivity index (χ3n) is 3.16. The summed E-state index contributed by atoms with van der Waals surface area (Å²) in [5.41, 5.74) is 1.06. The lowest BCUT2D eigenvalue weighted by molar-refractivity contribution is -0.128. The van der Waals surface area contributed by atoms with E-state index < -0.39 is 0 Å². The minimum absolute atomic E-state index is 0.171. The largest absolute Gasteiger partial charge is 0.393 e. The number of nitrogens with zero attached hydrogens (tertiary/aromatic N) is 2. The van der Waals surface area contributed by atoms with Crippen molar-refractivity contribution in [3.05, 3.63) is 30.3 Å². The Balaban J connectivity index is 1.99. The second-order valence-corrected chi connectivity index (χ2v) is 4.72. The molecule has 1 aromatic carbocycles. The van der Waals surface area contributed by atoms with Crippen molar-refractivity contribution < 1.29 is 9.90 Å². The number of anilines is 1. The third kappa shape index (κ3) is 3.01. The number of benzene rings is 1. The number of aliphatic hydroxyl groups is 1. The number of hydrazine groups is 1. The lowest BCUT2D eigenvalue weighted by Gasteiger charge is -2.30. The summed E-state index contributed by atoms with van der Waals surface area (Å²) in [6.07, 6.45) is 1.83. The fraction of sp³-hybridized carbons (Fsp3) is 0.500. The van der Waals surface area contributed by atoms with E-state index in [-0.39, 0.29) is 12.0 Å². The quantitative estimate of drug-likeness (QED) is 0.864. The molecule has 1 saturated heterocycles. The summed E-state index contributed by atoms with van der Waals surface area (Å²) in [6, 6.07) is 9.96. The second-order valence-electron chi connectivity index (χ2n) is 4.72. The summed E-state index contributed by atoms with van der Waals surface area (Å²) in [4.78, 5) is 11.9. The highest BCUT2D eigenvalue weighted by atomic mass is 16.3. The van der Waals surface area contributed by atoms with Crippen LogP contribution in [0.3, 0.4) is 0 Å². The molecule has 0 aliphatic carbocycles. The fourth-order valence-corrected chi connectivity index (χ4v) is 2.24. The number of hydrogen-bond acceptors (Lipinski definition) is 3. The van der Waals surface area contributed by atoms with Crippen LogP contribution < -0.4 is 5.01 Å². The molecule has 0 aromatic heterocycles. The fourth-order valence-electron chi connectivity index (χ4n) is 2.24. The monoisotopic (exact) mass is 248 g/mol. The van der Waals surface area contributed by atoms with Gasteiger partial charge in [0, 0.05) is 19.5 Å². The van der Waals surface area contributed by atoms with Crippen LogP contribution in [0.5, 0.6) is 0 Å². The number of para-hydroxylation sites is 1. The van der Waals surface area contributed by atoms with Gasteiger partial charge < -0.3 is 5.11 Å². The molecule has 1 aromatic rings. The predicted octanol–water partition coefficient (Wildman–Crippen LogP) is 1.80. The van der Waals surface area contributed by atoms with E-state index in [4.69, 9.17) is 0 Å². The van der Waals surface area contributed by atoms with Crippen LogP contribution in [-0.4, -0.2) is 35.2 Å². The van der Waals surface area contributed by atoms with Crippen LogP contribution in [-0.2, 0) is 4.79 Å². The summed E-state index contributed by atoms with van der Waals surface area (Å²) in [5.74, 6) is 0.171. The molecule has 0 spiro atoms. The van der Waals surface area contributed by atoms with Crippen molar-refractivity contribution in [3.63, 3.8) is 0 Å². The van der Waals surface area contributed by atoms with Crippen molar-refractivity contribution in [3.8, 4) is 0 Å². The highest BCUT2D eigenvalue weighted by Gasteiger charge is 2.28. The topological polar surface area (TPSA) is 43.8 Å². The van der Waals surface area contributed by atoms with Gasteiger partial charge in [0.15, 0.2) is 0 Å². The number of aliphatic hydroxyl groups excluding tert-OH is 1. The molecule has 18 heavy (non-hydrogen) atoms. The van der Waals surface area contributed by atoms with Crippen molar-refractivity contribution in [1.82, 2.24) is 5.01 Å². The Bertz CT molecular complexity index is 392. The van der Waals surface area contributed by atoms with Gasteiger partial charge in [-0.3, -0.25) is 14.8 Å². The summed E-state index contributed by atoms with van der Waals surface area (Å²) in [6.45, 7) is 3.21. The van der Waals surface area contributed by atoms with Crippen LogP contribution in [0.2, 0.25) is 0 Å². The van der Waals surface area contributed by atoms with Gasteiger partial charge in [0.25, 0.3) is 0 Å². The number of carbonyl (C=O) groups excluding carboxylic acids is 1. The highest BCUT2D eigenvalue weighted by molar-refractivity contribution is 5.81. The van der Waals surface area contributed by atoms with Gasteiger partial charge in [-0.05, 0) is 31.9 Å². The Morgan fingerprint density at radius 3 is 2.72 bits per heavy atom. The van der Waals surface area contributed by atoms with Crippen LogP contribution in [0.25, 0.3) is 0 Å². The molecule has 1 fully saturated rings. The second kappa shape index (κ2) is 5.87. The number of rotatable bonds is 5. The molecule has 1 aliphatic rings. The zero-order valence-corrected chi connectivity index (χ0v) is 10.7. The van der Waals surface area contributed by atoms with Crippen molar-refractivity contribution in [1.29, 1.82) is 0 Å². The van der Waals surface area contributed by atoms with Gasteiger partial charge in [-0.25, -0.2) is 0 Å². The van der Waals surface area contributed by atoms with E-state index in [9.17, 15) is 9.90 Å². The summed E-state index contributed by atoms with van der Waals surface area (Å²) >= 11 is 0. The van der Waals surface area contributed by atoms with Crippen LogP contribution >= 0.6 is 0 Å². The molecule has 2 rings (SSSR count). The molecule has 1 aliphatic heterocycles. The Morgan fingerprint density at radius 1 is 1.33 bits per heavy atom. The molecule has 0 radical (unpaired) electrons. The van der Waals surface area contributed by atoms with Gasteiger partial charge in [0.05, 0.1) is 11.8 Å². The minimum atomic E-state index is -0.298. The average molecular weight is 248 g/mol. The van der Waals surface area contributed by atoms with Gasteiger partial charge in [0.1, 0.15) is 0 Å². The average Bonchev–Trinajstić information content (AvgIpc) is 2.72. The minimum Gasteiger partial charge on any atom is -0.393 e. The normalized spacial score (nSPS) is 17.3. The van der Waals surface area contributed by atoms with Gasteiger partial charge in [-0.1, -0.05) is 18.2 Å². The molecular weight excluding hydrogens is 228 g/mol. The van der Waals surface area contributed by atoms with Gasteiger partial charge >= 0.3 is 0 Å². The van der Waals surface area contributed by atoms with Gasteiger partial charge in [0.2, 0.25) is 5.91 Å². The Kier molecular flexibility index (Phi) is 4.20. The summed E-state index contributed by atoms with van der Waals surface area (Å²) in [5, 5.41) is 13.1.